The highest BCUT2D eigenvalue weighted by Crippen LogP contribution is 2.24. The molecule has 0 saturated carbocycles. The normalized spacial score (nSPS) is 18.4. The summed E-state index contributed by atoms with van der Waals surface area (Å²) in [6.45, 7) is 3.41. The lowest BCUT2D eigenvalue weighted by atomic mass is 9.97. The molecule has 0 N–H and O–H groups in total. The highest BCUT2D eigenvalue weighted by molar-refractivity contribution is 8.13. The first-order chi connectivity index (χ1) is 16.4. The van der Waals surface area contributed by atoms with Gasteiger partial charge < -0.3 is 19.0 Å². The Kier molecular flexibility index (Phi) is 7.46. The number of amides is 3. The second-order valence-corrected chi connectivity index (χ2v) is 8.98. The molecule has 0 aliphatic carbocycles. The SMILES string of the molecule is COc1cccc(CSC2=NC(=O)C(CC(=O)N3CCN(C(=O)c4ccco4)CC3)C(C)=N2)c1. The van der Waals surface area contributed by atoms with Crippen molar-refractivity contribution >= 4 is 40.4 Å². The van der Waals surface area contributed by atoms with Gasteiger partial charge in [-0.15, -0.1) is 0 Å². The molecule has 1 atom stereocenters. The van der Waals surface area contributed by atoms with Gasteiger partial charge in [0.15, 0.2) is 10.9 Å². The molecule has 178 valence electrons. The zero-order valence-electron chi connectivity index (χ0n) is 19.1. The van der Waals surface area contributed by atoms with Crippen LogP contribution < -0.4 is 4.74 Å². The Labute approximate surface area is 201 Å². The minimum atomic E-state index is -0.656. The summed E-state index contributed by atoms with van der Waals surface area (Å²) in [4.78, 5) is 49.9. The smallest absolute Gasteiger partial charge is 0.289 e. The van der Waals surface area contributed by atoms with E-state index < -0.39 is 5.92 Å². The number of amidine groups is 1. The molecule has 3 amide bonds. The molecule has 1 aromatic heterocycles. The second kappa shape index (κ2) is 10.7. The number of methoxy groups -OCH3 is 1. The fraction of sp³-hybridized carbons (Fsp3) is 0.375. The quantitative estimate of drug-likeness (QED) is 0.627. The fourth-order valence-electron chi connectivity index (χ4n) is 3.83. The Morgan fingerprint density at radius 2 is 1.88 bits per heavy atom. The monoisotopic (exact) mass is 482 g/mol. The molecule has 0 bridgehead atoms. The average molecular weight is 483 g/mol. The number of carbonyl (C=O) groups is 3. The van der Waals surface area contributed by atoms with Crippen molar-refractivity contribution < 1.29 is 23.5 Å². The summed E-state index contributed by atoms with van der Waals surface area (Å²) in [5, 5.41) is 0.402. The van der Waals surface area contributed by atoms with Crippen LogP contribution in [0.4, 0.5) is 0 Å². The van der Waals surface area contributed by atoms with Gasteiger partial charge in [0.2, 0.25) is 5.91 Å². The lowest BCUT2D eigenvalue weighted by Crippen LogP contribution is -2.51. The number of benzene rings is 1. The molecular weight excluding hydrogens is 456 g/mol. The number of hydrogen-bond donors (Lipinski definition) is 0. The van der Waals surface area contributed by atoms with Crippen LogP contribution in [-0.4, -0.2) is 71.7 Å². The molecule has 4 rings (SSSR count). The van der Waals surface area contributed by atoms with Crippen molar-refractivity contribution in [2.24, 2.45) is 15.9 Å². The summed E-state index contributed by atoms with van der Waals surface area (Å²) in [6.07, 6.45) is 1.49. The van der Waals surface area contributed by atoms with Gasteiger partial charge in [0.25, 0.3) is 11.8 Å². The minimum Gasteiger partial charge on any atom is -0.497 e. The number of hydrogen-bond acceptors (Lipinski definition) is 7. The van der Waals surface area contributed by atoms with Crippen molar-refractivity contribution in [1.82, 2.24) is 9.80 Å². The summed E-state index contributed by atoms with van der Waals surface area (Å²) >= 11 is 1.37. The Balaban J connectivity index is 1.28. The van der Waals surface area contributed by atoms with Crippen LogP contribution in [0.1, 0.15) is 29.5 Å². The molecule has 9 nitrogen and oxygen atoms in total. The van der Waals surface area contributed by atoms with E-state index in [2.05, 4.69) is 9.98 Å². The molecule has 34 heavy (non-hydrogen) atoms. The van der Waals surface area contributed by atoms with Crippen molar-refractivity contribution in [3.8, 4) is 5.75 Å². The van der Waals surface area contributed by atoms with E-state index >= 15 is 0 Å². The molecule has 3 heterocycles. The van der Waals surface area contributed by atoms with Gasteiger partial charge in [-0.1, -0.05) is 23.9 Å². The summed E-state index contributed by atoms with van der Waals surface area (Å²) in [5.74, 6) is 0.333. The molecule has 1 saturated heterocycles. The molecule has 10 heteroatoms. The van der Waals surface area contributed by atoms with Crippen LogP contribution >= 0.6 is 11.8 Å². The minimum absolute atomic E-state index is 0.0254. The van der Waals surface area contributed by atoms with Crippen molar-refractivity contribution in [3.63, 3.8) is 0 Å². The van der Waals surface area contributed by atoms with E-state index in [0.29, 0.717) is 42.8 Å². The van der Waals surface area contributed by atoms with Crippen molar-refractivity contribution in [1.29, 1.82) is 0 Å². The van der Waals surface area contributed by atoms with E-state index in [1.807, 2.05) is 24.3 Å². The van der Waals surface area contributed by atoms with E-state index in [0.717, 1.165) is 11.3 Å². The van der Waals surface area contributed by atoms with Gasteiger partial charge in [0.05, 0.1) is 19.3 Å². The average Bonchev–Trinajstić information content (AvgIpc) is 3.40. The molecule has 1 unspecified atom stereocenters. The van der Waals surface area contributed by atoms with Gasteiger partial charge in [0.1, 0.15) is 5.75 Å². The van der Waals surface area contributed by atoms with Crippen LogP contribution in [-0.2, 0) is 15.3 Å². The van der Waals surface area contributed by atoms with Crippen LogP contribution in [0.2, 0.25) is 0 Å². The highest BCUT2D eigenvalue weighted by atomic mass is 32.2. The zero-order valence-corrected chi connectivity index (χ0v) is 19.9. The Morgan fingerprint density at radius 1 is 1.12 bits per heavy atom. The number of ether oxygens (including phenoxy) is 1. The van der Waals surface area contributed by atoms with E-state index in [1.165, 1.54) is 18.0 Å². The second-order valence-electron chi connectivity index (χ2n) is 8.03. The Bertz CT molecular complexity index is 1120. The number of furan rings is 1. The van der Waals surface area contributed by atoms with E-state index in [1.54, 1.807) is 36.0 Å². The molecule has 2 aliphatic rings. The number of rotatable bonds is 6. The first kappa shape index (κ1) is 23.7. The maximum atomic E-state index is 12.8. The summed E-state index contributed by atoms with van der Waals surface area (Å²) < 4.78 is 10.4. The number of thioether (sulfide) groups is 1. The van der Waals surface area contributed by atoms with Crippen molar-refractivity contribution in [2.45, 2.75) is 19.1 Å². The van der Waals surface area contributed by atoms with E-state index in [-0.39, 0.29) is 29.9 Å². The van der Waals surface area contributed by atoms with Gasteiger partial charge in [0, 0.05) is 44.1 Å². The van der Waals surface area contributed by atoms with Gasteiger partial charge in [-0.05, 0) is 36.8 Å². The van der Waals surface area contributed by atoms with Crippen molar-refractivity contribution in [2.75, 3.05) is 33.3 Å². The largest absolute Gasteiger partial charge is 0.497 e. The summed E-state index contributed by atoms with van der Waals surface area (Å²) in [6, 6.07) is 11.0. The van der Waals surface area contributed by atoms with Gasteiger partial charge in [-0.2, -0.15) is 4.99 Å². The maximum absolute atomic E-state index is 12.8. The fourth-order valence-corrected chi connectivity index (χ4v) is 4.67. The Morgan fingerprint density at radius 3 is 2.56 bits per heavy atom. The van der Waals surface area contributed by atoms with E-state index in [4.69, 9.17) is 9.15 Å². The van der Waals surface area contributed by atoms with Crippen LogP contribution in [0.5, 0.6) is 5.75 Å². The standard InChI is InChI=1S/C24H26N4O5S/c1-16-19(22(30)26-24(25-16)34-15-17-5-3-6-18(13-17)32-2)14-21(29)27-8-10-28(11-9-27)23(31)20-7-4-12-33-20/h3-7,12-13,19H,8-11,14-15H2,1-2H3. The third kappa shape index (κ3) is 5.56. The van der Waals surface area contributed by atoms with Crippen LogP contribution in [0.25, 0.3) is 0 Å². The molecule has 0 spiro atoms. The highest BCUT2D eigenvalue weighted by Gasteiger charge is 2.32. The predicted octanol–water partition coefficient (Wildman–Crippen LogP) is 2.87. The van der Waals surface area contributed by atoms with Gasteiger partial charge in [-0.3, -0.25) is 14.4 Å². The number of piperazine rings is 1. The number of aliphatic imine (C=N–C) groups is 2. The molecule has 0 radical (unpaired) electrons. The van der Waals surface area contributed by atoms with Gasteiger partial charge >= 0.3 is 0 Å². The lowest BCUT2D eigenvalue weighted by Gasteiger charge is -2.35. The Hall–Kier alpha value is -3.40. The third-order valence-electron chi connectivity index (χ3n) is 5.81. The number of nitrogens with zero attached hydrogens (tertiary/aromatic N) is 4. The lowest BCUT2D eigenvalue weighted by molar-refractivity contribution is -0.135. The molecule has 1 fully saturated rings. The topological polar surface area (TPSA) is 105 Å². The van der Waals surface area contributed by atoms with Crippen LogP contribution in [0, 0.1) is 5.92 Å². The summed E-state index contributed by atoms with van der Waals surface area (Å²) in [5.41, 5.74) is 1.63. The molecule has 2 aromatic rings. The third-order valence-corrected chi connectivity index (χ3v) is 6.73. The zero-order chi connectivity index (χ0) is 24.1. The number of carbonyl (C=O) groups excluding carboxylic acids is 3. The summed E-state index contributed by atoms with van der Waals surface area (Å²) in [7, 11) is 1.62. The predicted molar refractivity (Wildman–Crippen MR) is 129 cm³/mol. The molecule has 2 aliphatic heterocycles. The van der Waals surface area contributed by atoms with Gasteiger partial charge in [-0.25, -0.2) is 4.99 Å². The maximum Gasteiger partial charge on any atom is 0.289 e. The first-order valence-corrected chi connectivity index (χ1v) is 12.0. The molecular formula is C24H26N4O5S. The van der Waals surface area contributed by atoms with Crippen LogP contribution in [0.3, 0.4) is 0 Å². The first-order valence-electron chi connectivity index (χ1n) is 11.0. The van der Waals surface area contributed by atoms with Crippen LogP contribution in [0.15, 0.2) is 57.1 Å². The van der Waals surface area contributed by atoms with Crippen molar-refractivity contribution in [3.05, 3.63) is 54.0 Å². The van der Waals surface area contributed by atoms with E-state index in [9.17, 15) is 14.4 Å². The molecule has 1 aromatic carbocycles.